The second kappa shape index (κ2) is 7.75. The maximum atomic E-state index is 10.1. The lowest BCUT2D eigenvalue weighted by molar-refractivity contribution is 0.141. The zero-order chi connectivity index (χ0) is 14.2. The molecule has 2 atom stereocenters. The first kappa shape index (κ1) is 14.7. The molecule has 0 aliphatic carbocycles. The number of hydrogen-bond donors (Lipinski definition) is 3. The van der Waals surface area contributed by atoms with E-state index >= 15 is 0 Å². The Labute approximate surface area is 119 Å². The van der Waals surface area contributed by atoms with Crippen LogP contribution in [-0.2, 0) is 13.0 Å². The monoisotopic (exact) mass is 271 g/mol. The molecule has 0 saturated carbocycles. The van der Waals surface area contributed by atoms with E-state index in [9.17, 15) is 5.11 Å². The highest BCUT2D eigenvalue weighted by molar-refractivity contribution is 5.16. The summed E-state index contributed by atoms with van der Waals surface area (Å²) in [5, 5.41) is 13.3. The molecule has 0 fully saturated rings. The molecule has 106 valence electrons. The summed E-state index contributed by atoms with van der Waals surface area (Å²) in [5.74, 6) is 0. The number of aliphatic hydroxyl groups is 1. The lowest BCUT2D eigenvalue weighted by Gasteiger charge is -2.19. The molecule has 0 spiro atoms. The van der Waals surface area contributed by atoms with Gasteiger partial charge in [-0.15, -0.1) is 0 Å². The molecule has 0 aliphatic heterocycles. The molecule has 4 heteroatoms. The molecule has 20 heavy (non-hydrogen) atoms. The zero-order valence-corrected chi connectivity index (χ0v) is 11.4. The number of aliphatic hydroxyl groups excluding tert-OH is 1. The third-order valence-electron chi connectivity index (χ3n) is 3.21. The Kier molecular flexibility index (Phi) is 5.68. The molecular weight excluding hydrogens is 250 g/mol. The number of benzene rings is 1. The lowest BCUT2D eigenvalue weighted by Crippen LogP contribution is -2.42. The first-order chi connectivity index (χ1) is 9.75. The van der Waals surface area contributed by atoms with E-state index in [4.69, 9.17) is 5.73 Å². The highest BCUT2D eigenvalue weighted by Gasteiger charge is 2.14. The van der Waals surface area contributed by atoms with E-state index in [0.29, 0.717) is 19.5 Å². The molecule has 2 aromatic rings. The number of nitrogens with one attached hydrogen (secondary N) is 1. The first-order valence-electron chi connectivity index (χ1n) is 6.83. The summed E-state index contributed by atoms with van der Waals surface area (Å²) in [6.45, 7) is 1.16. The molecular formula is C16H21N3O. The van der Waals surface area contributed by atoms with Crippen LogP contribution in [0.2, 0.25) is 0 Å². The Morgan fingerprint density at radius 3 is 2.55 bits per heavy atom. The van der Waals surface area contributed by atoms with Gasteiger partial charge in [-0.25, -0.2) is 0 Å². The van der Waals surface area contributed by atoms with Gasteiger partial charge in [-0.2, -0.15) is 0 Å². The van der Waals surface area contributed by atoms with Crippen LogP contribution in [0.3, 0.4) is 0 Å². The molecule has 4 nitrogen and oxygen atoms in total. The van der Waals surface area contributed by atoms with Gasteiger partial charge in [0.1, 0.15) is 0 Å². The van der Waals surface area contributed by atoms with Crippen LogP contribution in [0.5, 0.6) is 0 Å². The first-order valence-corrected chi connectivity index (χ1v) is 6.83. The predicted octanol–water partition coefficient (Wildman–Crippen LogP) is 1.10. The van der Waals surface area contributed by atoms with Crippen LogP contribution in [-0.4, -0.2) is 28.8 Å². The molecule has 0 bridgehead atoms. The minimum absolute atomic E-state index is 0.265. The Morgan fingerprint density at radius 1 is 1.10 bits per heavy atom. The summed E-state index contributed by atoms with van der Waals surface area (Å²) >= 11 is 0. The minimum atomic E-state index is -0.563. The molecule has 1 aromatic heterocycles. The number of hydrogen-bond acceptors (Lipinski definition) is 4. The van der Waals surface area contributed by atoms with Crippen LogP contribution in [0.1, 0.15) is 11.1 Å². The molecule has 4 N–H and O–H groups in total. The van der Waals surface area contributed by atoms with Crippen LogP contribution in [0.4, 0.5) is 0 Å². The summed E-state index contributed by atoms with van der Waals surface area (Å²) < 4.78 is 0. The number of nitrogens with two attached hydrogens (primary N) is 1. The third-order valence-corrected chi connectivity index (χ3v) is 3.21. The van der Waals surface area contributed by atoms with Crippen LogP contribution in [0.15, 0.2) is 54.9 Å². The number of rotatable bonds is 7. The van der Waals surface area contributed by atoms with E-state index in [0.717, 1.165) is 11.1 Å². The Balaban J connectivity index is 1.73. The van der Waals surface area contributed by atoms with Gasteiger partial charge >= 0.3 is 0 Å². The Morgan fingerprint density at radius 2 is 1.85 bits per heavy atom. The van der Waals surface area contributed by atoms with Crippen molar-refractivity contribution in [2.24, 2.45) is 5.73 Å². The molecule has 0 radical (unpaired) electrons. The number of pyridine rings is 1. The van der Waals surface area contributed by atoms with Crippen molar-refractivity contribution in [3.63, 3.8) is 0 Å². The second-order valence-electron chi connectivity index (χ2n) is 4.91. The fraction of sp³-hybridized carbons (Fsp3) is 0.312. The lowest BCUT2D eigenvalue weighted by atomic mass is 10.0. The quantitative estimate of drug-likeness (QED) is 0.705. The smallest absolute Gasteiger partial charge is 0.0818 e. The normalized spacial score (nSPS) is 13.9. The molecule has 0 saturated heterocycles. The number of aromatic nitrogens is 1. The topological polar surface area (TPSA) is 71.2 Å². The fourth-order valence-electron chi connectivity index (χ4n) is 2.04. The maximum Gasteiger partial charge on any atom is 0.0818 e. The number of nitrogens with zero attached hydrogens (tertiary/aromatic N) is 1. The van der Waals surface area contributed by atoms with Gasteiger partial charge in [0, 0.05) is 31.5 Å². The molecule has 0 amide bonds. The summed E-state index contributed by atoms with van der Waals surface area (Å²) in [6, 6.07) is 13.6. The third kappa shape index (κ3) is 4.74. The van der Waals surface area contributed by atoms with E-state index in [1.54, 1.807) is 6.20 Å². The van der Waals surface area contributed by atoms with Crippen LogP contribution in [0, 0.1) is 0 Å². The van der Waals surface area contributed by atoms with Crippen molar-refractivity contribution in [2.75, 3.05) is 6.54 Å². The fourth-order valence-corrected chi connectivity index (χ4v) is 2.04. The van der Waals surface area contributed by atoms with Crippen molar-refractivity contribution in [1.82, 2.24) is 10.3 Å². The van der Waals surface area contributed by atoms with Crippen molar-refractivity contribution < 1.29 is 5.11 Å². The summed E-state index contributed by atoms with van der Waals surface area (Å²) in [5.41, 5.74) is 8.26. The van der Waals surface area contributed by atoms with E-state index < -0.39 is 6.10 Å². The standard InChI is InChI=1S/C16H21N3O/c17-15(9-13-5-2-1-3-6-13)16(20)12-19-11-14-7-4-8-18-10-14/h1-8,10,15-16,19-20H,9,11-12,17H2/t15?,16-/m0/s1. The van der Waals surface area contributed by atoms with Gasteiger partial charge in [-0.1, -0.05) is 36.4 Å². The van der Waals surface area contributed by atoms with Crippen molar-refractivity contribution in [3.8, 4) is 0 Å². The van der Waals surface area contributed by atoms with E-state index in [1.807, 2.05) is 48.7 Å². The van der Waals surface area contributed by atoms with Gasteiger partial charge in [0.05, 0.1) is 6.10 Å². The largest absolute Gasteiger partial charge is 0.390 e. The van der Waals surface area contributed by atoms with Crippen LogP contribution in [0.25, 0.3) is 0 Å². The van der Waals surface area contributed by atoms with Crippen LogP contribution < -0.4 is 11.1 Å². The van der Waals surface area contributed by atoms with Crippen LogP contribution >= 0.6 is 0 Å². The van der Waals surface area contributed by atoms with E-state index in [-0.39, 0.29) is 6.04 Å². The van der Waals surface area contributed by atoms with Crippen molar-refractivity contribution in [1.29, 1.82) is 0 Å². The second-order valence-corrected chi connectivity index (χ2v) is 4.91. The van der Waals surface area contributed by atoms with E-state index in [1.165, 1.54) is 0 Å². The highest BCUT2D eigenvalue weighted by Crippen LogP contribution is 2.04. The molecule has 1 aromatic carbocycles. The summed E-state index contributed by atoms with van der Waals surface area (Å²) in [6.07, 6.45) is 3.67. The Hall–Kier alpha value is -1.75. The van der Waals surface area contributed by atoms with Crippen molar-refractivity contribution in [3.05, 3.63) is 66.0 Å². The summed E-state index contributed by atoms with van der Waals surface area (Å²) in [7, 11) is 0. The van der Waals surface area contributed by atoms with Crippen molar-refractivity contribution >= 4 is 0 Å². The SMILES string of the molecule is NC(Cc1ccccc1)[C@@H](O)CNCc1cccnc1. The molecule has 2 rings (SSSR count). The van der Waals surface area contributed by atoms with E-state index in [2.05, 4.69) is 10.3 Å². The minimum Gasteiger partial charge on any atom is -0.390 e. The summed E-state index contributed by atoms with van der Waals surface area (Å²) in [4.78, 5) is 4.05. The van der Waals surface area contributed by atoms with Gasteiger partial charge in [-0.05, 0) is 23.6 Å². The molecule has 1 unspecified atom stereocenters. The van der Waals surface area contributed by atoms with Gasteiger partial charge in [0.25, 0.3) is 0 Å². The van der Waals surface area contributed by atoms with Crippen molar-refractivity contribution in [2.45, 2.75) is 25.1 Å². The molecule has 1 heterocycles. The highest BCUT2D eigenvalue weighted by atomic mass is 16.3. The predicted molar refractivity (Wildman–Crippen MR) is 80.1 cm³/mol. The Bertz CT molecular complexity index is 490. The van der Waals surface area contributed by atoms with Gasteiger partial charge in [-0.3, -0.25) is 4.98 Å². The zero-order valence-electron chi connectivity index (χ0n) is 11.4. The average Bonchev–Trinajstić information content (AvgIpc) is 2.49. The maximum absolute atomic E-state index is 10.1. The molecule has 0 aliphatic rings. The van der Waals surface area contributed by atoms with Gasteiger partial charge in [0.15, 0.2) is 0 Å². The van der Waals surface area contributed by atoms with Gasteiger partial charge in [0.2, 0.25) is 0 Å². The average molecular weight is 271 g/mol. The van der Waals surface area contributed by atoms with Gasteiger partial charge < -0.3 is 16.2 Å².